The number of phenols is 1. The number of rotatable bonds is 7. The number of alkyl halides is 1. The van der Waals surface area contributed by atoms with E-state index in [9.17, 15) is 9.90 Å². The largest absolute Gasteiger partial charge is 0.508 e. The summed E-state index contributed by atoms with van der Waals surface area (Å²) in [6, 6.07) is 16.1. The standard InChI is InChI=1S/C26H32IN3O2/c1-3-4-14-30-18(2)24(22-17-21(31)10-11-23(22)30)26(32)28-20-12-15-29(16-13-20)25(27)19-8-6-5-7-9-19/h5-11,17,20,25,31H,3-4,12-16H2,1-2H3,(H,28,32). The zero-order chi connectivity index (χ0) is 22.7. The SMILES string of the molecule is CCCCn1c(C)c(C(=O)NC2CCN(C(I)c3ccccc3)CC2)c2cc(O)ccc21. The van der Waals surface area contributed by atoms with Crippen LogP contribution in [0.2, 0.25) is 0 Å². The smallest absolute Gasteiger partial charge is 0.253 e. The Morgan fingerprint density at radius 3 is 2.59 bits per heavy atom. The topological polar surface area (TPSA) is 57.5 Å². The molecule has 2 aromatic carbocycles. The number of unbranched alkanes of at least 4 members (excludes halogenated alkanes) is 1. The van der Waals surface area contributed by atoms with Crippen molar-refractivity contribution in [1.29, 1.82) is 0 Å². The maximum Gasteiger partial charge on any atom is 0.253 e. The van der Waals surface area contributed by atoms with E-state index in [4.69, 9.17) is 0 Å². The molecule has 1 atom stereocenters. The van der Waals surface area contributed by atoms with Gasteiger partial charge in [0.1, 0.15) is 5.75 Å². The summed E-state index contributed by atoms with van der Waals surface area (Å²) in [5, 5.41) is 14.2. The van der Waals surface area contributed by atoms with Crippen LogP contribution >= 0.6 is 22.6 Å². The number of hydrogen-bond donors (Lipinski definition) is 2. The second-order valence-electron chi connectivity index (χ2n) is 8.70. The quantitative estimate of drug-likeness (QED) is 0.225. The van der Waals surface area contributed by atoms with E-state index < -0.39 is 0 Å². The number of phenolic OH excluding ortho intramolecular Hbond substituents is 1. The first kappa shape index (κ1) is 23.1. The van der Waals surface area contributed by atoms with E-state index in [-0.39, 0.29) is 17.7 Å². The van der Waals surface area contributed by atoms with Crippen molar-refractivity contribution >= 4 is 39.4 Å². The van der Waals surface area contributed by atoms with Crippen LogP contribution in [-0.2, 0) is 6.54 Å². The van der Waals surface area contributed by atoms with Crippen molar-refractivity contribution in [3.8, 4) is 5.75 Å². The number of benzene rings is 2. The van der Waals surface area contributed by atoms with Crippen LogP contribution < -0.4 is 5.32 Å². The molecule has 2 N–H and O–H groups in total. The molecular formula is C26H32IN3O2. The summed E-state index contributed by atoms with van der Waals surface area (Å²) in [5.41, 5.74) is 4.02. The number of hydrogen-bond acceptors (Lipinski definition) is 3. The Hall–Kier alpha value is -2.06. The molecule has 5 nitrogen and oxygen atoms in total. The van der Waals surface area contributed by atoms with Gasteiger partial charge in [-0.2, -0.15) is 0 Å². The number of likely N-dealkylation sites (tertiary alicyclic amines) is 1. The minimum absolute atomic E-state index is 0.0270. The molecule has 170 valence electrons. The lowest BCUT2D eigenvalue weighted by atomic mass is 10.0. The van der Waals surface area contributed by atoms with E-state index in [1.165, 1.54) is 5.56 Å². The van der Waals surface area contributed by atoms with Crippen molar-refractivity contribution in [2.24, 2.45) is 0 Å². The number of nitrogens with one attached hydrogen (secondary N) is 1. The van der Waals surface area contributed by atoms with Crippen LogP contribution in [0, 0.1) is 6.92 Å². The number of halogens is 1. The number of aromatic nitrogens is 1. The number of fused-ring (bicyclic) bond motifs is 1. The van der Waals surface area contributed by atoms with Crippen molar-refractivity contribution in [2.45, 2.75) is 56.2 Å². The van der Waals surface area contributed by atoms with Crippen LogP contribution in [0.1, 0.15) is 58.3 Å². The summed E-state index contributed by atoms with van der Waals surface area (Å²) < 4.78 is 2.57. The van der Waals surface area contributed by atoms with Crippen LogP contribution in [0.15, 0.2) is 48.5 Å². The molecule has 0 radical (unpaired) electrons. The van der Waals surface area contributed by atoms with Gasteiger partial charge in [0.2, 0.25) is 0 Å². The molecule has 3 aromatic rings. The van der Waals surface area contributed by atoms with Crippen LogP contribution in [-0.4, -0.2) is 39.6 Å². The summed E-state index contributed by atoms with van der Waals surface area (Å²) in [7, 11) is 0. The van der Waals surface area contributed by atoms with Gasteiger partial charge in [-0.3, -0.25) is 9.69 Å². The van der Waals surface area contributed by atoms with Gasteiger partial charge in [0, 0.05) is 42.3 Å². The van der Waals surface area contributed by atoms with Gasteiger partial charge in [-0.05, 0) is 49.9 Å². The predicted molar refractivity (Wildman–Crippen MR) is 139 cm³/mol. The number of nitrogens with zero attached hydrogens (tertiary/aromatic N) is 2. The third-order valence-corrected chi connectivity index (χ3v) is 8.04. The molecule has 6 heteroatoms. The molecule has 1 unspecified atom stereocenters. The normalized spacial score (nSPS) is 16.3. The van der Waals surface area contributed by atoms with Crippen LogP contribution in [0.3, 0.4) is 0 Å². The summed E-state index contributed by atoms with van der Waals surface area (Å²) in [6.07, 6.45) is 4.04. The molecule has 1 aromatic heterocycles. The molecule has 0 spiro atoms. The van der Waals surface area contributed by atoms with Gasteiger partial charge in [-0.25, -0.2) is 0 Å². The summed E-state index contributed by atoms with van der Waals surface area (Å²) in [5.74, 6) is 0.169. The molecule has 32 heavy (non-hydrogen) atoms. The van der Waals surface area contributed by atoms with Gasteiger partial charge in [-0.15, -0.1) is 0 Å². The van der Waals surface area contributed by atoms with E-state index in [2.05, 4.69) is 74.6 Å². The van der Waals surface area contributed by atoms with Gasteiger partial charge in [0.15, 0.2) is 0 Å². The lowest BCUT2D eigenvalue weighted by Gasteiger charge is -2.35. The Bertz CT molecular complexity index is 1070. The Labute approximate surface area is 203 Å². The van der Waals surface area contributed by atoms with E-state index in [1.54, 1.807) is 12.1 Å². The Morgan fingerprint density at radius 2 is 1.91 bits per heavy atom. The number of aromatic hydroxyl groups is 1. The fraction of sp³-hybridized carbons (Fsp3) is 0.423. The van der Waals surface area contributed by atoms with Gasteiger partial charge in [0.25, 0.3) is 5.91 Å². The second kappa shape index (κ2) is 10.3. The molecule has 1 fully saturated rings. The molecule has 1 aliphatic heterocycles. The maximum absolute atomic E-state index is 13.4. The van der Waals surface area contributed by atoms with Crippen molar-refractivity contribution < 1.29 is 9.90 Å². The lowest BCUT2D eigenvalue weighted by molar-refractivity contribution is 0.0910. The molecule has 1 saturated heterocycles. The molecule has 4 rings (SSSR count). The zero-order valence-electron chi connectivity index (χ0n) is 18.9. The first-order valence-corrected chi connectivity index (χ1v) is 12.8. The van der Waals surface area contributed by atoms with Gasteiger partial charge in [0.05, 0.1) is 9.61 Å². The highest BCUT2D eigenvalue weighted by Gasteiger charge is 2.27. The fourth-order valence-corrected chi connectivity index (χ4v) is 5.68. The molecule has 1 amide bonds. The van der Waals surface area contributed by atoms with E-state index in [0.717, 1.165) is 61.9 Å². The first-order chi connectivity index (χ1) is 15.5. The number of amides is 1. The third kappa shape index (κ3) is 4.81. The Kier molecular flexibility index (Phi) is 7.40. The summed E-state index contributed by atoms with van der Waals surface area (Å²) in [6.45, 7) is 7.00. The molecule has 0 aliphatic carbocycles. The van der Waals surface area contributed by atoms with Crippen molar-refractivity contribution in [2.75, 3.05) is 13.1 Å². The minimum Gasteiger partial charge on any atom is -0.508 e. The monoisotopic (exact) mass is 545 g/mol. The Morgan fingerprint density at radius 1 is 1.19 bits per heavy atom. The van der Waals surface area contributed by atoms with E-state index >= 15 is 0 Å². The molecular weight excluding hydrogens is 513 g/mol. The third-order valence-electron chi connectivity index (χ3n) is 6.53. The van der Waals surface area contributed by atoms with Crippen molar-refractivity contribution in [3.05, 3.63) is 65.4 Å². The average Bonchev–Trinajstić information content (AvgIpc) is 3.08. The summed E-state index contributed by atoms with van der Waals surface area (Å²) in [4.78, 5) is 15.8. The number of piperidine rings is 1. The number of carbonyl (C=O) groups excluding carboxylic acids is 1. The average molecular weight is 545 g/mol. The molecule has 0 bridgehead atoms. The van der Waals surface area contributed by atoms with E-state index in [0.29, 0.717) is 9.61 Å². The van der Waals surface area contributed by atoms with Crippen molar-refractivity contribution in [3.63, 3.8) is 0 Å². The fourth-order valence-electron chi connectivity index (χ4n) is 4.71. The maximum atomic E-state index is 13.4. The zero-order valence-corrected chi connectivity index (χ0v) is 21.0. The highest BCUT2D eigenvalue weighted by atomic mass is 127. The van der Waals surface area contributed by atoms with E-state index in [1.807, 2.05) is 13.0 Å². The van der Waals surface area contributed by atoms with Crippen molar-refractivity contribution in [1.82, 2.24) is 14.8 Å². The van der Waals surface area contributed by atoms with Gasteiger partial charge < -0.3 is 15.0 Å². The summed E-state index contributed by atoms with van der Waals surface area (Å²) >= 11 is 2.51. The van der Waals surface area contributed by atoms with Crippen LogP contribution in [0.4, 0.5) is 0 Å². The lowest BCUT2D eigenvalue weighted by Crippen LogP contribution is -2.45. The van der Waals surface area contributed by atoms with Crippen LogP contribution in [0.25, 0.3) is 10.9 Å². The highest BCUT2D eigenvalue weighted by Crippen LogP contribution is 2.32. The van der Waals surface area contributed by atoms with Gasteiger partial charge in [-0.1, -0.05) is 66.3 Å². The van der Waals surface area contributed by atoms with Crippen LogP contribution in [0.5, 0.6) is 5.75 Å². The number of carbonyl (C=O) groups is 1. The Balaban J connectivity index is 1.47. The number of aryl methyl sites for hydroxylation is 1. The first-order valence-electron chi connectivity index (χ1n) is 11.5. The predicted octanol–water partition coefficient (Wildman–Crippen LogP) is 5.78. The highest BCUT2D eigenvalue weighted by molar-refractivity contribution is 14.1. The molecule has 2 heterocycles. The molecule has 0 saturated carbocycles. The molecule has 1 aliphatic rings. The second-order valence-corrected chi connectivity index (χ2v) is 9.88. The van der Waals surface area contributed by atoms with Gasteiger partial charge >= 0.3 is 0 Å². The minimum atomic E-state index is -0.0270.